The van der Waals surface area contributed by atoms with Crippen molar-refractivity contribution in [3.05, 3.63) is 65.0 Å². The number of hydrogen-bond donors (Lipinski definition) is 1. The molecule has 9 heteroatoms. The molecule has 3 aromatic rings. The van der Waals surface area contributed by atoms with E-state index in [-0.39, 0.29) is 29.4 Å². The Morgan fingerprint density at radius 3 is 2.81 bits per heavy atom. The van der Waals surface area contributed by atoms with Gasteiger partial charge in [0.25, 0.3) is 11.1 Å². The van der Waals surface area contributed by atoms with Gasteiger partial charge in [-0.15, -0.1) is 10.2 Å². The van der Waals surface area contributed by atoms with Crippen LogP contribution < -0.4 is 10.1 Å². The lowest BCUT2D eigenvalue weighted by molar-refractivity contribution is -0.113. The Morgan fingerprint density at radius 1 is 1.26 bits per heavy atom. The van der Waals surface area contributed by atoms with E-state index in [1.807, 2.05) is 6.07 Å². The largest absolute Gasteiger partial charge is 0.484 e. The van der Waals surface area contributed by atoms with E-state index in [0.717, 1.165) is 11.8 Å². The summed E-state index contributed by atoms with van der Waals surface area (Å²) < 4.78 is 10.9. The molecule has 0 unspecified atom stereocenters. The topological polar surface area (TPSA) is 101 Å². The van der Waals surface area contributed by atoms with E-state index in [2.05, 4.69) is 15.5 Å². The average Bonchev–Trinajstić information content (AvgIpc) is 3.13. The fraction of sp³-hybridized carbons (Fsp3) is 0.111. The standard InChI is InChI=1S/C18H13ClN4O3S/c19-13-2-1-3-14(8-13)21-16(24)11-27-18-23-22-17(26-18)10-25-15-6-4-12(9-20)5-7-15/h1-8H,10-11H2,(H,21,24). The van der Waals surface area contributed by atoms with Gasteiger partial charge in [0, 0.05) is 10.7 Å². The molecule has 1 N–H and O–H groups in total. The second-order valence-electron chi connectivity index (χ2n) is 5.23. The monoisotopic (exact) mass is 400 g/mol. The SMILES string of the molecule is N#Cc1ccc(OCc2nnc(SCC(=O)Nc3cccc(Cl)c3)o2)cc1. The predicted molar refractivity (Wildman–Crippen MR) is 101 cm³/mol. The molecule has 0 aliphatic rings. The molecule has 0 fully saturated rings. The number of thioether (sulfide) groups is 1. The van der Waals surface area contributed by atoms with Crippen LogP contribution in [0.15, 0.2) is 58.2 Å². The van der Waals surface area contributed by atoms with Crippen LogP contribution in [0.2, 0.25) is 5.02 Å². The number of aromatic nitrogens is 2. The van der Waals surface area contributed by atoms with E-state index in [1.54, 1.807) is 48.5 Å². The third kappa shape index (κ3) is 5.74. The van der Waals surface area contributed by atoms with Gasteiger partial charge in [-0.1, -0.05) is 29.4 Å². The van der Waals surface area contributed by atoms with Gasteiger partial charge >= 0.3 is 0 Å². The first-order valence-corrected chi connectivity index (χ1v) is 9.12. The summed E-state index contributed by atoms with van der Waals surface area (Å²) >= 11 is 7.00. The molecule has 0 spiro atoms. The minimum absolute atomic E-state index is 0.0914. The zero-order chi connectivity index (χ0) is 19.1. The van der Waals surface area contributed by atoms with Crippen LogP contribution in [0, 0.1) is 11.3 Å². The van der Waals surface area contributed by atoms with Crippen molar-refractivity contribution in [2.24, 2.45) is 0 Å². The van der Waals surface area contributed by atoms with Crippen LogP contribution in [0.4, 0.5) is 5.69 Å². The molecule has 0 saturated heterocycles. The normalized spacial score (nSPS) is 10.2. The predicted octanol–water partition coefficient (Wildman–Crippen LogP) is 3.90. The maximum atomic E-state index is 12.0. The smallest absolute Gasteiger partial charge is 0.277 e. The number of halogens is 1. The van der Waals surface area contributed by atoms with Crippen molar-refractivity contribution in [3.63, 3.8) is 0 Å². The van der Waals surface area contributed by atoms with Gasteiger partial charge in [-0.05, 0) is 42.5 Å². The molecule has 0 aliphatic heterocycles. The average molecular weight is 401 g/mol. The van der Waals surface area contributed by atoms with E-state index in [4.69, 9.17) is 26.0 Å². The zero-order valence-corrected chi connectivity index (χ0v) is 15.5. The van der Waals surface area contributed by atoms with Gasteiger partial charge in [-0.2, -0.15) is 5.26 Å². The van der Waals surface area contributed by atoms with Crippen LogP contribution >= 0.6 is 23.4 Å². The van der Waals surface area contributed by atoms with E-state index < -0.39 is 0 Å². The maximum Gasteiger partial charge on any atom is 0.277 e. The number of nitrogens with zero attached hydrogens (tertiary/aromatic N) is 3. The maximum absolute atomic E-state index is 12.0. The van der Waals surface area contributed by atoms with Crippen molar-refractivity contribution in [1.29, 1.82) is 5.26 Å². The molecular weight excluding hydrogens is 388 g/mol. The summed E-state index contributed by atoms with van der Waals surface area (Å²) in [6.45, 7) is 0.0914. The highest BCUT2D eigenvalue weighted by Crippen LogP contribution is 2.19. The van der Waals surface area contributed by atoms with Crippen molar-refractivity contribution < 1.29 is 13.9 Å². The Kier molecular flexibility index (Phi) is 6.30. The highest BCUT2D eigenvalue weighted by atomic mass is 35.5. The van der Waals surface area contributed by atoms with Gasteiger partial charge in [0.2, 0.25) is 5.91 Å². The summed E-state index contributed by atoms with van der Waals surface area (Å²) in [4.78, 5) is 12.0. The van der Waals surface area contributed by atoms with Gasteiger partial charge in [-0.3, -0.25) is 4.79 Å². The third-order valence-corrected chi connectivity index (χ3v) is 4.28. The van der Waals surface area contributed by atoms with Crippen LogP contribution in [0.25, 0.3) is 0 Å². The number of nitriles is 1. The molecule has 136 valence electrons. The number of anilines is 1. The lowest BCUT2D eigenvalue weighted by Gasteiger charge is -2.04. The first-order valence-electron chi connectivity index (χ1n) is 7.76. The van der Waals surface area contributed by atoms with Crippen molar-refractivity contribution in [1.82, 2.24) is 10.2 Å². The Labute approximate surface area is 164 Å². The summed E-state index contributed by atoms with van der Waals surface area (Å²) in [5.74, 6) is 0.778. The third-order valence-electron chi connectivity index (χ3n) is 3.23. The lowest BCUT2D eigenvalue weighted by atomic mass is 10.2. The summed E-state index contributed by atoms with van der Waals surface area (Å²) in [7, 11) is 0. The molecule has 0 saturated carbocycles. The zero-order valence-electron chi connectivity index (χ0n) is 13.9. The molecule has 7 nitrogen and oxygen atoms in total. The van der Waals surface area contributed by atoms with Crippen molar-refractivity contribution in [3.8, 4) is 11.8 Å². The van der Waals surface area contributed by atoms with Crippen molar-refractivity contribution in [2.75, 3.05) is 11.1 Å². The Hall–Kier alpha value is -3.02. The number of carbonyl (C=O) groups is 1. The fourth-order valence-electron chi connectivity index (χ4n) is 2.02. The lowest BCUT2D eigenvalue weighted by Crippen LogP contribution is -2.13. The number of hydrogen-bond acceptors (Lipinski definition) is 7. The van der Waals surface area contributed by atoms with Gasteiger partial charge in [0.1, 0.15) is 5.75 Å². The molecule has 0 bridgehead atoms. The molecule has 1 amide bonds. The highest BCUT2D eigenvalue weighted by Gasteiger charge is 2.11. The van der Waals surface area contributed by atoms with Crippen molar-refractivity contribution in [2.45, 2.75) is 11.8 Å². The molecule has 3 rings (SSSR count). The molecule has 0 radical (unpaired) electrons. The van der Waals surface area contributed by atoms with Gasteiger partial charge in [-0.25, -0.2) is 0 Å². The van der Waals surface area contributed by atoms with Crippen LogP contribution in [-0.4, -0.2) is 21.9 Å². The Balaban J connectivity index is 1.46. The molecule has 0 aliphatic carbocycles. The molecule has 1 aromatic heterocycles. The minimum Gasteiger partial charge on any atom is -0.484 e. The molecule has 0 atom stereocenters. The fourth-order valence-corrected chi connectivity index (χ4v) is 2.79. The Morgan fingerprint density at radius 2 is 2.07 bits per heavy atom. The van der Waals surface area contributed by atoms with Crippen LogP contribution in [0.3, 0.4) is 0 Å². The number of benzene rings is 2. The van der Waals surface area contributed by atoms with Crippen LogP contribution in [-0.2, 0) is 11.4 Å². The number of carbonyl (C=O) groups excluding carboxylic acids is 1. The Bertz CT molecular complexity index is 969. The number of rotatable bonds is 7. The summed E-state index contributed by atoms with van der Waals surface area (Å²) in [6.07, 6.45) is 0. The number of amides is 1. The molecular formula is C18H13ClN4O3S. The number of nitrogens with one attached hydrogen (secondary N) is 1. The summed E-state index contributed by atoms with van der Waals surface area (Å²) in [5, 5.41) is 20.1. The van der Waals surface area contributed by atoms with E-state index in [0.29, 0.717) is 22.0 Å². The van der Waals surface area contributed by atoms with Gasteiger partial charge in [0.05, 0.1) is 17.4 Å². The quantitative estimate of drug-likeness (QED) is 0.600. The number of ether oxygens (including phenoxy) is 1. The first-order chi connectivity index (χ1) is 13.1. The van der Waals surface area contributed by atoms with Gasteiger partial charge in [0.15, 0.2) is 6.61 Å². The first kappa shape index (κ1) is 18.8. The molecule has 27 heavy (non-hydrogen) atoms. The molecule has 2 aromatic carbocycles. The second-order valence-corrected chi connectivity index (χ2v) is 6.60. The van der Waals surface area contributed by atoms with Crippen LogP contribution in [0.5, 0.6) is 5.75 Å². The van der Waals surface area contributed by atoms with E-state index in [9.17, 15) is 4.79 Å². The highest BCUT2D eigenvalue weighted by molar-refractivity contribution is 7.99. The van der Waals surface area contributed by atoms with Gasteiger partial charge < -0.3 is 14.5 Å². The molecule has 1 heterocycles. The second kappa shape index (κ2) is 9.07. The van der Waals surface area contributed by atoms with E-state index >= 15 is 0 Å². The van der Waals surface area contributed by atoms with E-state index in [1.165, 1.54) is 0 Å². The van der Waals surface area contributed by atoms with Crippen LogP contribution in [0.1, 0.15) is 11.5 Å². The summed E-state index contributed by atoms with van der Waals surface area (Å²) in [5.41, 5.74) is 1.17. The van der Waals surface area contributed by atoms with Crippen molar-refractivity contribution >= 4 is 35.0 Å². The minimum atomic E-state index is -0.212. The summed E-state index contributed by atoms with van der Waals surface area (Å²) in [6, 6.07) is 15.6.